The SMILES string of the molecule is CCCc1ccc(OCC(=O)NCCN(C)C)cc1. The first kappa shape index (κ1) is 15.5. The molecule has 0 aliphatic rings. The summed E-state index contributed by atoms with van der Waals surface area (Å²) < 4.78 is 5.43. The maximum absolute atomic E-state index is 11.5. The van der Waals surface area contributed by atoms with Crippen LogP contribution in [0.4, 0.5) is 0 Å². The van der Waals surface area contributed by atoms with Gasteiger partial charge >= 0.3 is 0 Å². The van der Waals surface area contributed by atoms with Crippen LogP contribution in [0.2, 0.25) is 0 Å². The highest BCUT2D eigenvalue weighted by molar-refractivity contribution is 5.77. The smallest absolute Gasteiger partial charge is 0.257 e. The topological polar surface area (TPSA) is 41.6 Å². The van der Waals surface area contributed by atoms with E-state index in [9.17, 15) is 4.79 Å². The minimum Gasteiger partial charge on any atom is -0.484 e. The highest BCUT2D eigenvalue weighted by Gasteiger charge is 2.02. The van der Waals surface area contributed by atoms with E-state index in [0.29, 0.717) is 6.54 Å². The van der Waals surface area contributed by atoms with Gasteiger partial charge in [0.1, 0.15) is 5.75 Å². The van der Waals surface area contributed by atoms with Crippen LogP contribution >= 0.6 is 0 Å². The van der Waals surface area contributed by atoms with E-state index in [1.807, 2.05) is 43.3 Å². The summed E-state index contributed by atoms with van der Waals surface area (Å²) in [7, 11) is 3.95. The molecule has 0 unspecified atom stereocenters. The van der Waals surface area contributed by atoms with Gasteiger partial charge in [0.15, 0.2) is 6.61 Å². The fourth-order valence-corrected chi connectivity index (χ4v) is 1.66. The molecule has 0 aliphatic carbocycles. The van der Waals surface area contributed by atoms with Gasteiger partial charge in [0.25, 0.3) is 5.91 Å². The number of ether oxygens (including phenoxy) is 1. The zero-order valence-corrected chi connectivity index (χ0v) is 12.1. The molecular formula is C15H24N2O2. The van der Waals surface area contributed by atoms with Crippen molar-refractivity contribution in [2.24, 2.45) is 0 Å². The number of hydrogen-bond donors (Lipinski definition) is 1. The lowest BCUT2D eigenvalue weighted by Gasteiger charge is -2.11. The average molecular weight is 264 g/mol. The molecule has 0 heterocycles. The molecule has 1 aromatic rings. The molecule has 1 rings (SSSR count). The molecule has 1 aromatic carbocycles. The second-order valence-electron chi connectivity index (χ2n) is 4.84. The van der Waals surface area contributed by atoms with Crippen LogP contribution in [0.15, 0.2) is 24.3 Å². The van der Waals surface area contributed by atoms with Gasteiger partial charge in [-0.1, -0.05) is 25.5 Å². The number of benzene rings is 1. The van der Waals surface area contributed by atoms with E-state index in [1.54, 1.807) is 0 Å². The van der Waals surface area contributed by atoms with Gasteiger partial charge in [-0.3, -0.25) is 4.79 Å². The molecule has 0 atom stereocenters. The second kappa shape index (κ2) is 8.53. The zero-order chi connectivity index (χ0) is 14.1. The highest BCUT2D eigenvalue weighted by atomic mass is 16.5. The summed E-state index contributed by atoms with van der Waals surface area (Å²) in [4.78, 5) is 13.5. The van der Waals surface area contributed by atoms with Gasteiger partial charge in [0.05, 0.1) is 0 Å². The van der Waals surface area contributed by atoms with Crippen LogP contribution in [0, 0.1) is 0 Å². The van der Waals surface area contributed by atoms with Crippen molar-refractivity contribution in [3.8, 4) is 5.75 Å². The lowest BCUT2D eigenvalue weighted by molar-refractivity contribution is -0.123. The molecule has 1 N–H and O–H groups in total. The molecule has 4 heteroatoms. The van der Waals surface area contributed by atoms with Crippen molar-refractivity contribution in [3.63, 3.8) is 0 Å². The van der Waals surface area contributed by atoms with E-state index in [-0.39, 0.29) is 12.5 Å². The molecule has 0 saturated carbocycles. The van der Waals surface area contributed by atoms with E-state index in [4.69, 9.17) is 4.74 Å². The summed E-state index contributed by atoms with van der Waals surface area (Å²) in [5.74, 6) is 0.655. The fraction of sp³-hybridized carbons (Fsp3) is 0.533. The summed E-state index contributed by atoms with van der Waals surface area (Å²) in [6.07, 6.45) is 2.21. The summed E-state index contributed by atoms with van der Waals surface area (Å²) in [6.45, 7) is 3.70. The van der Waals surface area contributed by atoms with Crippen molar-refractivity contribution in [2.45, 2.75) is 19.8 Å². The zero-order valence-electron chi connectivity index (χ0n) is 12.1. The summed E-state index contributed by atoms with van der Waals surface area (Å²) in [5, 5.41) is 2.81. The molecule has 0 radical (unpaired) electrons. The van der Waals surface area contributed by atoms with E-state index in [2.05, 4.69) is 12.2 Å². The van der Waals surface area contributed by atoms with Gasteiger partial charge in [-0.2, -0.15) is 0 Å². The summed E-state index contributed by atoms with van der Waals surface area (Å²) in [5.41, 5.74) is 1.30. The third kappa shape index (κ3) is 6.82. The van der Waals surface area contributed by atoms with Gasteiger partial charge < -0.3 is 15.0 Å². The van der Waals surface area contributed by atoms with Crippen LogP contribution in [0.5, 0.6) is 5.75 Å². The number of likely N-dealkylation sites (N-methyl/N-ethyl adjacent to an activating group) is 1. The fourth-order valence-electron chi connectivity index (χ4n) is 1.66. The number of nitrogens with one attached hydrogen (secondary N) is 1. The van der Waals surface area contributed by atoms with Crippen LogP contribution in [-0.4, -0.2) is 44.6 Å². The predicted octanol–water partition coefficient (Wildman–Crippen LogP) is 1.70. The molecule has 19 heavy (non-hydrogen) atoms. The van der Waals surface area contributed by atoms with Crippen LogP contribution < -0.4 is 10.1 Å². The molecule has 0 fully saturated rings. The van der Waals surface area contributed by atoms with Gasteiger partial charge in [-0.05, 0) is 38.2 Å². The number of amides is 1. The summed E-state index contributed by atoms with van der Waals surface area (Å²) in [6, 6.07) is 7.92. The van der Waals surface area contributed by atoms with Crippen LogP contribution in [-0.2, 0) is 11.2 Å². The Hall–Kier alpha value is -1.55. The Morgan fingerprint density at radius 3 is 2.53 bits per heavy atom. The van der Waals surface area contributed by atoms with Crippen molar-refractivity contribution >= 4 is 5.91 Å². The third-order valence-electron chi connectivity index (χ3n) is 2.71. The van der Waals surface area contributed by atoms with Crippen molar-refractivity contribution < 1.29 is 9.53 Å². The van der Waals surface area contributed by atoms with E-state index in [0.717, 1.165) is 25.1 Å². The number of nitrogens with zero attached hydrogens (tertiary/aromatic N) is 1. The van der Waals surface area contributed by atoms with Gasteiger partial charge in [0.2, 0.25) is 0 Å². The van der Waals surface area contributed by atoms with Gasteiger partial charge in [0, 0.05) is 13.1 Å². The van der Waals surface area contributed by atoms with Crippen LogP contribution in [0.25, 0.3) is 0 Å². The second-order valence-corrected chi connectivity index (χ2v) is 4.84. The van der Waals surface area contributed by atoms with E-state index < -0.39 is 0 Å². The molecule has 0 aromatic heterocycles. The highest BCUT2D eigenvalue weighted by Crippen LogP contribution is 2.13. The van der Waals surface area contributed by atoms with Crippen LogP contribution in [0.3, 0.4) is 0 Å². The Morgan fingerprint density at radius 2 is 1.95 bits per heavy atom. The first-order valence-corrected chi connectivity index (χ1v) is 6.75. The predicted molar refractivity (Wildman–Crippen MR) is 77.5 cm³/mol. The average Bonchev–Trinajstić information content (AvgIpc) is 2.38. The maximum Gasteiger partial charge on any atom is 0.257 e. The number of hydrogen-bond acceptors (Lipinski definition) is 3. The molecule has 0 aliphatic heterocycles. The minimum atomic E-state index is -0.0838. The van der Waals surface area contributed by atoms with E-state index in [1.165, 1.54) is 5.56 Å². The Bertz CT molecular complexity index is 374. The quantitative estimate of drug-likeness (QED) is 0.777. The summed E-state index contributed by atoms with van der Waals surface area (Å²) >= 11 is 0. The number of carbonyl (C=O) groups is 1. The van der Waals surface area contributed by atoms with Crippen molar-refractivity contribution in [3.05, 3.63) is 29.8 Å². The standard InChI is InChI=1S/C15H24N2O2/c1-4-5-13-6-8-14(9-7-13)19-12-15(18)16-10-11-17(2)3/h6-9H,4-5,10-12H2,1-3H3,(H,16,18). The molecule has 0 bridgehead atoms. The Morgan fingerprint density at radius 1 is 1.26 bits per heavy atom. The molecule has 0 spiro atoms. The number of carbonyl (C=O) groups excluding carboxylic acids is 1. The van der Waals surface area contributed by atoms with Crippen molar-refractivity contribution in [2.75, 3.05) is 33.8 Å². The molecule has 106 valence electrons. The first-order valence-electron chi connectivity index (χ1n) is 6.75. The van der Waals surface area contributed by atoms with Gasteiger partial charge in [-0.15, -0.1) is 0 Å². The Kier molecular flexibility index (Phi) is 6.97. The maximum atomic E-state index is 11.5. The van der Waals surface area contributed by atoms with Crippen molar-refractivity contribution in [1.29, 1.82) is 0 Å². The first-order chi connectivity index (χ1) is 9.11. The third-order valence-corrected chi connectivity index (χ3v) is 2.71. The number of aryl methyl sites for hydroxylation is 1. The molecular weight excluding hydrogens is 240 g/mol. The molecule has 4 nitrogen and oxygen atoms in total. The monoisotopic (exact) mass is 264 g/mol. The van der Waals surface area contributed by atoms with Gasteiger partial charge in [-0.25, -0.2) is 0 Å². The largest absolute Gasteiger partial charge is 0.484 e. The molecule has 1 amide bonds. The Labute approximate surface area is 115 Å². The normalized spacial score (nSPS) is 10.5. The lowest BCUT2D eigenvalue weighted by Crippen LogP contribution is -2.34. The van der Waals surface area contributed by atoms with Crippen LogP contribution in [0.1, 0.15) is 18.9 Å². The lowest BCUT2D eigenvalue weighted by atomic mass is 10.1. The molecule has 0 saturated heterocycles. The Balaban J connectivity index is 2.25. The number of rotatable bonds is 8. The van der Waals surface area contributed by atoms with Crippen molar-refractivity contribution in [1.82, 2.24) is 10.2 Å². The van der Waals surface area contributed by atoms with E-state index >= 15 is 0 Å². The minimum absolute atomic E-state index is 0.0700.